The van der Waals surface area contributed by atoms with Crippen molar-refractivity contribution in [1.29, 1.82) is 0 Å². The maximum Gasteiger partial charge on any atom is 0.409 e. The Labute approximate surface area is 250 Å². The SMILES string of the molecule is CCCCC(C)(C)C(=O)NCC1OC(C)(C)N(C(=O)O)C1C[C@@H](C(C)C)C(O)c1ccc2cnn(CCCOC)c2c1. The number of aryl methyl sites for hydroxylation is 1. The minimum atomic E-state index is -1.08. The fourth-order valence-corrected chi connectivity index (χ4v) is 6.14. The lowest BCUT2D eigenvalue weighted by Gasteiger charge is -2.35. The molecule has 1 aromatic carbocycles. The first kappa shape index (κ1) is 33.8. The lowest BCUT2D eigenvalue weighted by Crippen LogP contribution is -2.50. The average molecular weight is 589 g/mol. The highest BCUT2D eigenvalue weighted by Gasteiger charge is 2.51. The highest BCUT2D eigenvalue weighted by molar-refractivity contribution is 5.82. The summed E-state index contributed by atoms with van der Waals surface area (Å²) in [6.07, 6.45) is 3.28. The molecule has 236 valence electrons. The first-order valence-electron chi connectivity index (χ1n) is 15.3. The zero-order chi connectivity index (χ0) is 31.2. The van der Waals surface area contributed by atoms with Gasteiger partial charge in [0.25, 0.3) is 0 Å². The number of carbonyl (C=O) groups excluding carboxylic acids is 1. The molecule has 3 rings (SSSR count). The van der Waals surface area contributed by atoms with Crippen LogP contribution in [-0.4, -0.2) is 75.0 Å². The van der Waals surface area contributed by atoms with E-state index in [9.17, 15) is 19.8 Å². The summed E-state index contributed by atoms with van der Waals surface area (Å²) in [6.45, 7) is 15.1. The summed E-state index contributed by atoms with van der Waals surface area (Å²) in [4.78, 5) is 26.9. The summed E-state index contributed by atoms with van der Waals surface area (Å²) in [6, 6.07) is 5.32. The number of benzene rings is 1. The van der Waals surface area contributed by atoms with Crippen LogP contribution in [0.4, 0.5) is 4.79 Å². The summed E-state index contributed by atoms with van der Waals surface area (Å²) in [7, 11) is 1.68. The Morgan fingerprint density at radius 3 is 2.57 bits per heavy atom. The van der Waals surface area contributed by atoms with Gasteiger partial charge >= 0.3 is 6.09 Å². The summed E-state index contributed by atoms with van der Waals surface area (Å²) in [5.41, 5.74) is 0.0903. The standard InChI is InChI=1S/C32H52N4O6/c1-9-10-14-31(4,5)29(38)33-20-27-26(36(30(39)40)32(6,7)42-27)18-24(21(2)3)28(37)22-12-13-23-19-34-35(25(23)17-22)15-11-16-41-8/h12-13,17,19,21,24,26-28,37H,9-11,14-16,18,20H2,1-8H3,(H,33,38)(H,39,40)/t24-,26?,27?,28?/m0/s1. The molecule has 10 nitrogen and oxygen atoms in total. The Hall–Kier alpha value is -2.69. The van der Waals surface area contributed by atoms with Gasteiger partial charge < -0.3 is 25.0 Å². The predicted molar refractivity (Wildman–Crippen MR) is 163 cm³/mol. The average Bonchev–Trinajstić information content (AvgIpc) is 3.44. The third-order valence-corrected chi connectivity index (χ3v) is 8.72. The largest absolute Gasteiger partial charge is 0.465 e. The number of aliphatic hydroxyl groups excluding tert-OH is 1. The molecule has 10 heteroatoms. The molecule has 3 N–H and O–H groups in total. The minimum absolute atomic E-state index is 0.0462. The number of methoxy groups -OCH3 is 1. The Morgan fingerprint density at radius 2 is 1.95 bits per heavy atom. The number of amides is 2. The Morgan fingerprint density at radius 1 is 1.24 bits per heavy atom. The third-order valence-electron chi connectivity index (χ3n) is 8.72. The molecule has 2 heterocycles. The molecule has 4 atom stereocenters. The van der Waals surface area contributed by atoms with Crippen molar-refractivity contribution >= 4 is 22.9 Å². The van der Waals surface area contributed by atoms with Gasteiger partial charge in [0.15, 0.2) is 0 Å². The fraction of sp³-hybridized carbons (Fsp3) is 0.719. The van der Waals surface area contributed by atoms with Gasteiger partial charge in [0, 0.05) is 37.6 Å². The smallest absolute Gasteiger partial charge is 0.409 e. The molecular formula is C32H52N4O6. The van der Waals surface area contributed by atoms with E-state index in [0.717, 1.165) is 42.1 Å². The van der Waals surface area contributed by atoms with Gasteiger partial charge in [0.2, 0.25) is 5.91 Å². The molecule has 0 radical (unpaired) electrons. The quantitative estimate of drug-likeness (QED) is 0.232. The number of ether oxygens (including phenoxy) is 2. The molecule has 0 aliphatic carbocycles. The molecular weight excluding hydrogens is 536 g/mol. The summed E-state index contributed by atoms with van der Waals surface area (Å²) in [5.74, 6) is -0.290. The zero-order valence-corrected chi connectivity index (χ0v) is 26.7. The molecule has 0 saturated carbocycles. The Kier molecular flexibility index (Phi) is 11.4. The van der Waals surface area contributed by atoms with Gasteiger partial charge in [-0.3, -0.25) is 14.4 Å². The number of carboxylic acid groups (broad SMARTS) is 1. The summed E-state index contributed by atoms with van der Waals surface area (Å²) in [5, 5.41) is 30.5. The van der Waals surface area contributed by atoms with E-state index < -0.39 is 35.5 Å². The first-order valence-corrected chi connectivity index (χ1v) is 15.3. The van der Waals surface area contributed by atoms with E-state index in [0.29, 0.717) is 19.6 Å². The molecule has 1 saturated heterocycles. The van der Waals surface area contributed by atoms with Crippen molar-refractivity contribution in [2.75, 3.05) is 20.3 Å². The van der Waals surface area contributed by atoms with E-state index in [-0.39, 0.29) is 24.3 Å². The highest BCUT2D eigenvalue weighted by Crippen LogP contribution is 2.40. The van der Waals surface area contributed by atoms with Crippen LogP contribution >= 0.6 is 0 Å². The number of nitrogens with one attached hydrogen (secondary N) is 1. The van der Waals surface area contributed by atoms with Crippen LogP contribution in [0.2, 0.25) is 0 Å². The molecule has 42 heavy (non-hydrogen) atoms. The van der Waals surface area contributed by atoms with Gasteiger partial charge in [0.1, 0.15) is 5.72 Å². The molecule has 1 aliphatic rings. The van der Waals surface area contributed by atoms with E-state index in [4.69, 9.17) is 9.47 Å². The summed E-state index contributed by atoms with van der Waals surface area (Å²) >= 11 is 0. The number of rotatable bonds is 15. The van der Waals surface area contributed by atoms with Crippen LogP contribution in [0.1, 0.15) is 92.2 Å². The number of hydrogen-bond donors (Lipinski definition) is 3. The van der Waals surface area contributed by atoms with Crippen LogP contribution in [0.25, 0.3) is 10.9 Å². The molecule has 3 unspecified atom stereocenters. The van der Waals surface area contributed by atoms with Crippen molar-refractivity contribution in [3.63, 3.8) is 0 Å². The highest BCUT2D eigenvalue weighted by atomic mass is 16.6. The lowest BCUT2D eigenvalue weighted by atomic mass is 9.80. The van der Waals surface area contributed by atoms with E-state index in [2.05, 4.69) is 17.3 Å². The van der Waals surface area contributed by atoms with Crippen LogP contribution in [0.3, 0.4) is 0 Å². The normalized spacial score (nSPS) is 20.3. The third kappa shape index (κ3) is 7.82. The van der Waals surface area contributed by atoms with Crippen LogP contribution < -0.4 is 5.32 Å². The van der Waals surface area contributed by atoms with Crippen molar-refractivity contribution < 1.29 is 29.3 Å². The number of aliphatic hydroxyl groups is 1. The topological polar surface area (TPSA) is 126 Å². The molecule has 2 amide bonds. The molecule has 2 aromatic rings. The Bertz CT molecular complexity index is 1190. The second-order valence-corrected chi connectivity index (χ2v) is 13.1. The van der Waals surface area contributed by atoms with E-state index in [1.807, 2.05) is 56.8 Å². The maximum atomic E-state index is 13.1. The van der Waals surface area contributed by atoms with Gasteiger partial charge in [-0.2, -0.15) is 5.10 Å². The number of fused-ring (bicyclic) bond motifs is 1. The van der Waals surface area contributed by atoms with Gasteiger partial charge in [-0.1, -0.05) is 59.6 Å². The van der Waals surface area contributed by atoms with Gasteiger partial charge in [-0.25, -0.2) is 4.79 Å². The molecule has 1 fully saturated rings. The molecule has 1 aliphatic heterocycles. The second-order valence-electron chi connectivity index (χ2n) is 13.1. The number of unbranched alkanes of at least 4 members (excludes halogenated alkanes) is 1. The number of carbonyl (C=O) groups is 2. The molecule has 1 aromatic heterocycles. The van der Waals surface area contributed by atoms with Gasteiger partial charge in [-0.15, -0.1) is 0 Å². The van der Waals surface area contributed by atoms with Crippen LogP contribution in [0, 0.1) is 17.3 Å². The molecule has 0 bridgehead atoms. The lowest BCUT2D eigenvalue weighted by molar-refractivity contribution is -0.131. The van der Waals surface area contributed by atoms with Crippen molar-refractivity contribution in [2.45, 2.75) is 111 Å². The maximum absolute atomic E-state index is 13.1. The van der Waals surface area contributed by atoms with Crippen LogP contribution in [0.5, 0.6) is 0 Å². The van der Waals surface area contributed by atoms with Gasteiger partial charge in [-0.05, 0) is 56.6 Å². The zero-order valence-electron chi connectivity index (χ0n) is 26.7. The monoisotopic (exact) mass is 588 g/mol. The van der Waals surface area contributed by atoms with Gasteiger partial charge in [0.05, 0.1) is 30.0 Å². The number of hydrogen-bond acceptors (Lipinski definition) is 6. The second kappa shape index (κ2) is 14.2. The van der Waals surface area contributed by atoms with E-state index in [1.165, 1.54) is 4.90 Å². The van der Waals surface area contributed by atoms with Crippen molar-refractivity contribution in [3.8, 4) is 0 Å². The first-order chi connectivity index (χ1) is 19.7. The van der Waals surface area contributed by atoms with Crippen molar-refractivity contribution in [2.24, 2.45) is 17.3 Å². The molecule has 0 spiro atoms. The Balaban J connectivity index is 1.86. The van der Waals surface area contributed by atoms with Crippen LogP contribution in [-0.2, 0) is 20.8 Å². The van der Waals surface area contributed by atoms with E-state index in [1.54, 1.807) is 21.0 Å². The number of aromatic nitrogens is 2. The predicted octanol–water partition coefficient (Wildman–Crippen LogP) is 5.58. The van der Waals surface area contributed by atoms with Crippen LogP contribution in [0.15, 0.2) is 24.4 Å². The van der Waals surface area contributed by atoms with Crippen molar-refractivity contribution in [1.82, 2.24) is 20.0 Å². The summed E-state index contributed by atoms with van der Waals surface area (Å²) < 4.78 is 13.4. The van der Waals surface area contributed by atoms with E-state index >= 15 is 0 Å². The van der Waals surface area contributed by atoms with Crippen molar-refractivity contribution in [3.05, 3.63) is 30.0 Å². The fourth-order valence-electron chi connectivity index (χ4n) is 6.14. The minimum Gasteiger partial charge on any atom is -0.465 e. The number of nitrogens with zero attached hydrogens (tertiary/aromatic N) is 3.